The lowest BCUT2D eigenvalue weighted by atomic mass is 10.2. The summed E-state index contributed by atoms with van der Waals surface area (Å²) in [5, 5.41) is 0. The molecule has 0 atom stereocenters. The van der Waals surface area contributed by atoms with Crippen LogP contribution in [0.4, 0.5) is 14.5 Å². The second kappa shape index (κ2) is 5.79. The highest BCUT2D eigenvalue weighted by molar-refractivity contribution is 7.92. The molecular weight excluding hydrogens is 298 g/mol. The number of sulfonamides is 1. The van der Waals surface area contributed by atoms with Crippen LogP contribution in [0.25, 0.3) is 0 Å². The summed E-state index contributed by atoms with van der Waals surface area (Å²) in [6.45, 7) is 1.30. The average molecular weight is 312 g/mol. The van der Waals surface area contributed by atoms with Gasteiger partial charge >= 0.3 is 0 Å². The number of hydrogen-bond donors (Lipinski definition) is 2. The number of benzene rings is 2. The monoisotopic (exact) mass is 312 g/mol. The summed E-state index contributed by atoms with van der Waals surface area (Å²) in [5.74, 6) is -1.23. The van der Waals surface area contributed by atoms with Gasteiger partial charge in [0.1, 0.15) is 11.6 Å². The van der Waals surface area contributed by atoms with Gasteiger partial charge < -0.3 is 5.73 Å². The zero-order valence-electron chi connectivity index (χ0n) is 11.2. The molecule has 0 saturated carbocycles. The molecule has 0 radical (unpaired) electrons. The molecule has 112 valence electrons. The minimum absolute atomic E-state index is 0.0605. The van der Waals surface area contributed by atoms with Crippen LogP contribution in [0.1, 0.15) is 11.1 Å². The lowest BCUT2D eigenvalue weighted by molar-refractivity contribution is 0.585. The predicted molar refractivity (Wildman–Crippen MR) is 76.2 cm³/mol. The maximum absolute atomic E-state index is 13.6. The second-order valence-electron chi connectivity index (χ2n) is 4.49. The van der Waals surface area contributed by atoms with Gasteiger partial charge in [-0.25, -0.2) is 17.2 Å². The van der Waals surface area contributed by atoms with Crippen LogP contribution in [0.5, 0.6) is 0 Å². The molecule has 0 fully saturated rings. The van der Waals surface area contributed by atoms with Crippen molar-refractivity contribution in [2.24, 2.45) is 5.73 Å². The summed E-state index contributed by atoms with van der Waals surface area (Å²) in [4.78, 5) is -0.258. The highest BCUT2D eigenvalue weighted by Gasteiger charge is 2.20. The third-order valence-electron chi connectivity index (χ3n) is 2.99. The highest BCUT2D eigenvalue weighted by atomic mass is 32.2. The van der Waals surface area contributed by atoms with Crippen molar-refractivity contribution >= 4 is 15.7 Å². The third kappa shape index (κ3) is 3.20. The van der Waals surface area contributed by atoms with E-state index in [1.165, 1.54) is 24.3 Å². The van der Waals surface area contributed by atoms with Crippen LogP contribution in [0.2, 0.25) is 0 Å². The van der Waals surface area contributed by atoms with Gasteiger partial charge in [0, 0.05) is 12.1 Å². The molecule has 2 aromatic rings. The van der Waals surface area contributed by atoms with E-state index < -0.39 is 21.7 Å². The van der Waals surface area contributed by atoms with Gasteiger partial charge in [0.05, 0.1) is 10.6 Å². The van der Waals surface area contributed by atoms with Crippen molar-refractivity contribution in [1.29, 1.82) is 0 Å². The fraction of sp³-hybridized carbons (Fsp3) is 0.143. The van der Waals surface area contributed by atoms with E-state index in [2.05, 4.69) is 4.72 Å². The van der Waals surface area contributed by atoms with Gasteiger partial charge in [-0.2, -0.15) is 0 Å². The summed E-state index contributed by atoms with van der Waals surface area (Å²) >= 11 is 0. The standard InChI is InChI=1S/C14H14F2N2O2S/c1-9-5-6-10(7-13(9)16)18-21(19,20)14-4-2-3-12(15)11(14)8-17/h2-7,18H,8,17H2,1H3. The van der Waals surface area contributed by atoms with Gasteiger partial charge in [-0.3, -0.25) is 4.72 Å². The first kappa shape index (κ1) is 15.4. The average Bonchev–Trinajstić information content (AvgIpc) is 2.42. The molecule has 21 heavy (non-hydrogen) atoms. The first-order chi connectivity index (χ1) is 9.85. The Morgan fingerprint density at radius 1 is 1.14 bits per heavy atom. The van der Waals surface area contributed by atoms with Crippen LogP contribution in [0.3, 0.4) is 0 Å². The Morgan fingerprint density at radius 3 is 2.48 bits per heavy atom. The Bertz CT molecular complexity index is 777. The number of anilines is 1. The summed E-state index contributed by atoms with van der Waals surface area (Å²) < 4.78 is 53.8. The first-order valence-electron chi connectivity index (χ1n) is 6.11. The van der Waals surface area contributed by atoms with E-state index in [1.54, 1.807) is 6.92 Å². The summed E-state index contributed by atoms with van der Waals surface area (Å²) in [5.41, 5.74) is 5.74. The minimum Gasteiger partial charge on any atom is -0.326 e. The van der Waals surface area contributed by atoms with Crippen molar-refractivity contribution in [2.45, 2.75) is 18.4 Å². The number of nitrogens with two attached hydrogens (primary N) is 1. The molecule has 0 unspecified atom stereocenters. The van der Waals surface area contributed by atoms with Crippen LogP contribution < -0.4 is 10.5 Å². The molecule has 0 aliphatic rings. The van der Waals surface area contributed by atoms with Crippen molar-refractivity contribution in [3.63, 3.8) is 0 Å². The minimum atomic E-state index is -4.04. The fourth-order valence-electron chi connectivity index (χ4n) is 1.86. The van der Waals surface area contributed by atoms with Gasteiger partial charge in [0.15, 0.2) is 0 Å². The van der Waals surface area contributed by atoms with Crippen molar-refractivity contribution in [3.8, 4) is 0 Å². The molecule has 0 heterocycles. The molecule has 0 aliphatic heterocycles. The molecule has 0 bridgehead atoms. The molecule has 0 spiro atoms. The lowest BCUT2D eigenvalue weighted by Crippen LogP contribution is -2.17. The number of rotatable bonds is 4. The quantitative estimate of drug-likeness (QED) is 0.911. The van der Waals surface area contributed by atoms with Crippen LogP contribution in [-0.2, 0) is 16.6 Å². The summed E-state index contributed by atoms with van der Waals surface area (Å²) in [6.07, 6.45) is 0. The molecule has 4 nitrogen and oxygen atoms in total. The van der Waals surface area contributed by atoms with Crippen molar-refractivity contribution < 1.29 is 17.2 Å². The fourth-order valence-corrected chi connectivity index (χ4v) is 3.17. The Balaban J connectivity index is 2.43. The molecule has 0 aromatic heterocycles. The molecule has 2 rings (SSSR count). The topological polar surface area (TPSA) is 72.2 Å². The van der Waals surface area contributed by atoms with Crippen LogP contribution in [-0.4, -0.2) is 8.42 Å². The van der Waals surface area contributed by atoms with Crippen LogP contribution in [0, 0.1) is 18.6 Å². The summed E-state index contributed by atoms with van der Waals surface area (Å²) in [6, 6.07) is 7.60. The smallest absolute Gasteiger partial charge is 0.262 e. The van der Waals surface area contributed by atoms with Crippen LogP contribution >= 0.6 is 0 Å². The Morgan fingerprint density at radius 2 is 1.86 bits per heavy atom. The van der Waals surface area contributed by atoms with Gasteiger partial charge in [0.25, 0.3) is 10.0 Å². The first-order valence-corrected chi connectivity index (χ1v) is 7.60. The zero-order chi connectivity index (χ0) is 15.6. The maximum Gasteiger partial charge on any atom is 0.262 e. The van der Waals surface area contributed by atoms with E-state index >= 15 is 0 Å². The molecule has 7 heteroatoms. The van der Waals surface area contributed by atoms with E-state index in [0.717, 1.165) is 12.1 Å². The third-order valence-corrected chi connectivity index (χ3v) is 4.46. The van der Waals surface area contributed by atoms with Gasteiger partial charge in [0.2, 0.25) is 0 Å². The molecular formula is C14H14F2N2O2S. The number of halogens is 2. The molecule has 0 saturated heterocycles. The van der Waals surface area contributed by atoms with E-state index in [9.17, 15) is 17.2 Å². The van der Waals surface area contributed by atoms with E-state index in [1.807, 2.05) is 0 Å². The van der Waals surface area contributed by atoms with Gasteiger partial charge in [-0.15, -0.1) is 0 Å². The summed E-state index contributed by atoms with van der Waals surface area (Å²) in [7, 11) is -4.04. The second-order valence-corrected chi connectivity index (χ2v) is 6.14. The van der Waals surface area contributed by atoms with Crippen LogP contribution in [0.15, 0.2) is 41.3 Å². The largest absolute Gasteiger partial charge is 0.326 e. The molecule has 3 N–H and O–H groups in total. The molecule has 2 aromatic carbocycles. The van der Waals surface area contributed by atoms with E-state index in [-0.39, 0.29) is 22.7 Å². The maximum atomic E-state index is 13.6. The predicted octanol–water partition coefficient (Wildman–Crippen LogP) is 2.53. The number of hydrogen-bond acceptors (Lipinski definition) is 3. The Hall–Kier alpha value is -1.99. The molecule has 0 aliphatic carbocycles. The normalized spacial score (nSPS) is 11.4. The van der Waals surface area contributed by atoms with Crippen molar-refractivity contribution in [3.05, 3.63) is 59.2 Å². The van der Waals surface area contributed by atoms with Gasteiger partial charge in [-0.1, -0.05) is 12.1 Å². The van der Waals surface area contributed by atoms with Crippen molar-refractivity contribution in [2.75, 3.05) is 4.72 Å². The number of nitrogens with one attached hydrogen (secondary N) is 1. The Kier molecular flexibility index (Phi) is 4.24. The Labute approximate surface area is 121 Å². The van der Waals surface area contributed by atoms with E-state index in [4.69, 9.17) is 5.73 Å². The van der Waals surface area contributed by atoms with E-state index in [0.29, 0.717) is 5.56 Å². The highest BCUT2D eigenvalue weighted by Crippen LogP contribution is 2.22. The van der Waals surface area contributed by atoms with Gasteiger partial charge in [-0.05, 0) is 36.8 Å². The van der Waals surface area contributed by atoms with Crippen molar-refractivity contribution in [1.82, 2.24) is 0 Å². The number of aryl methyl sites for hydroxylation is 1. The lowest BCUT2D eigenvalue weighted by Gasteiger charge is -2.12. The zero-order valence-corrected chi connectivity index (χ0v) is 12.0. The SMILES string of the molecule is Cc1ccc(NS(=O)(=O)c2cccc(F)c2CN)cc1F. The molecule has 0 amide bonds.